The second-order valence-electron chi connectivity index (χ2n) is 5.02. The van der Waals surface area contributed by atoms with E-state index in [2.05, 4.69) is 27.8 Å². The summed E-state index contributed by atoms with van der Waals surface area (Å²) in [6, 6.07) is 5.22. The van der Waals surface area contributed by atoms with Gasteiger partial charge in [-0.2, -0.15) is 0 Å². The highest BCUT2D eigenvalue weighted by Gasteiger charge is 2.25. The molecule has 1 aromatic rings. The molecule has 0 aromatic heterocycles. The van der Waals surface area contributed by atoms with Crippen molar-refractivity contribution in [3.05, 3.63) is 34.1 Å². The predicted molar refractivity (Wildman–Crippen MR) is 74.0 cm³/mol. The smallest absolute Gasteiger partial charge is 0.137 e. The van der Waals surface area contributed by atoms with E-state index in [1.54, 1.807) is 7.11 Å². The minimum Gasteiger partial charge on any atom is -0.380 e. The third-order valence-electron chi connectivity index (χ3n) is 3.67. The van der Waals surface area contributed by atoms with Crippen LogP contribution in [0.25, 0.3) is 0 Å². The first-order chi connectivity index (χ1) is 8.60. The Hall–Kier alpha value is -0.450. The van der Waals surface area contributed by atoms with E-state index in [1.807, 2.05) is 12.1 Å². The molecular weight excluding hydrogens is 297 g/mol. The molecule has 2 nitrogen and oxygen atoms in total. The number of benzene rings is 1. The van der Waals surface area contributed by atoms with Crippen molar-refractivity contribution in [2.45, 2.75) is 26.0 Å². The van der Waals surface area contributed by atoms with Gasteiger partial charge in [0, 0.05) is 20.2 Å². The summed E-state index contributed by atoms with van der Waals surface area (Å²) in [4.78, 5) is 2.37. The summed E-state index contributed by atoms with van der Waals surface area (Å²) < 4.78 is 19.2. The molecule has 2 atom stereocenters. The molecule has 1 saturated heterocycles. The molecule has 0 spiro atoms. The Morgan fingerprint density at radius 2 is 2.28 bits per heavy atom. The zero-order chi connectivity index (χ0) is 13.1. The van der Waals surface area contributed by atoms with E-state index in [-0.39, 0.29) is 5.82 Å². The number of halogens is 2. The van der Waals surface area contributed by atoms with Gasteiger partial charge in [0.1, 0.15) is 5.82 Å². The summed E-state index contributed by atoms with van der Waals surface area (Å²) in [5.41, 5.74) is 1.13. The zero-order valence-corrected chi connectivity index (χ0v) is 12.4. The number of hydrogen-bond donors (Lipinski definition) is 0. The van der Waals surface area contributed by atoms with Gasteiger partial charge in [-0.25, -0.2) is 4.39 Å². The van der Waals surface area contributed by atoms with Crippen LogP contribution in [0.1, 0.15) is 18.9 Å². The van der Waals surface area contributed by atoms with Crippen LogP contribution in [0, 0.1) is 11.7 Å². The van der Waals surface area contributed by atoms with Gasteiger partial charge >= 0.3 is 0 Å². The van der Waals surface area contributed by atoms with Crippen molar-refractivity contribution in [2.75, 3.05) is 20.2 Å². The van der Waals surface area contributed by atoms with E-state index in [1.165, 1.54) is 6.07 Å². The molecule has 0 aliphatic carbocycles. The Balaban J connectivity index is 1.99. The van der Waals surface area contributed by atoms with E-state index >= 15 is 0 Å². The van der Waals surface area contributed by atoms with Crippen LogP contribution >= 0.6 is 15.9 Å². The topological polar surface area (TPSA) is 12.5 Å². The molecule has 0 N–H and O–H groups in total. The maximum Gasteiger partial charge on any atom is 0.137 e. The van der Waals surface area contributed by atoms with Crippen molar-refractivity contribution in [2.24, 2.45) is 5.92 Å². The predicted octanol–water partition coefficient (Wildman–Crippen LogP) is 3.45. The normalized spacial score (nSPS) is 25.3. The van der Waals surface area contributed by atoms with Gasteiger partial charge in [0.25, 0.3) is 0 Å². The number of rotatable bonds is 3. The minimum atomic E-state index is -0.208. The summed E-state index contributed by atoms with van der Waals surface area (Å²) in [7, 11) is 1.78. The van der Waals surface area contributed by atoms with Gasteiger partial charge in [0.15, 0.2) is 0 Å². The lowest BCUT2D eigenvalue weighted by Crippen LogP contribution is -2.43. The minimum absolute atomic E-state index is 0.208. The first-order valence-electron chi connectivity index (χ1n) is 6.29. The van der Waals surface area contributed by atoms with E-state index in [9.17, 15) is 4.39 Å². The second-order valence-corrected chi connectivity index (χ2v) is 5.88. The molecule has 0 bridgehead atoms. The maximum absolute atomic E-state index is 13.2. The van der Waals surface area contributed by atoms with Gasteiger partial charge < -0.3 is 4.74 Å². The van der Waals surface area contributed by atoms with Crippen LogP contribution in [0.5, 0.6) is 0 Å². The van der Waals surface area contributed by atoms with Gasteiger partial charge in [0.2, 0.25) is 0 Å². The summed E-state index contributed by atoms with van der Waals surface area (Å²) in [5, 5.41) is 0. The van der Waals surface area contributed by atoms with Crippen LogP contribution < -0.4 is 0 Å². The van der Waals surface area contributed by atoms with Gasteiger partial charge in [-0.3, -0.25) is 4.90 Å². The standard InChI is InChI=1S/C14H19BrFNO/c1-10-5-6-17(9-14(10)18-2)8-11-3-4-13(16)12(15)7-11/h3-4,7,10,14H,5-6,8-9H2,1-2H3. The van der Waals surface area contributed by atoms with Crippen LogP contribution in [0.15, 0.2) is 22.7 Å². The molecule has 18 heavy (non-hydrogen) atoms. The van der Waals surface area contributed by atoms with Gasteiger partial charge in [-0.1, -0.05) is 13.0 Å². The molecule has 2 rings (SSSR count). The van der Waals surface area contributed by atoms with Crippen molar-refractivity contribution in [1.82, 2.24) is 4.90 Å². The molecule has 0 saturated carbocycles. The van der Waals surface area contributed by atoms with E-state index < -0.39 is 0 Å². The summed E-state index contributed by atoms with van der Waals surface area (Å²) >= 11 is 3.23. The maximum atomic E-state index is 13.2. The van der Waals surface area contributed by atoms with Gasteiger partial charge in [-0.15, -0.1) is 0 Å². The SMILES string of the molecule is COC1CN(Cc2ccc(F)c(Br)c2)CCC1C. The van der Waals surface area contributed by atoms with Crippen molar-refractivity contribution < 1.29 is 9.13 Å². The molecule has 1 aromatic carbocycles. The Kier molecular flexibility index (Phi) is 4.76. The summed E-state index contributed by atoms with van der Waals surface area (Å²) in [5.74, 6) is 0.409. The number of ether oxygens (including phenoxy) is 1. The molecule has 0 radical (unpaired) electrons. The van der Waals surface area contributed by atoms with Crippen LogP contribution in [0.4, 0.5) is 4.39 Å². The summed E-state index contributed by atoms with van der Waals surface area (Å²) in [6.07, 6.45) is 1.46. The Labute approximate surface area is 116 Å². The average Bonchev–Trinajstić information content (AvgIpc) is 2.36. The fourth-order valence-electron chi connectivity index (χ4n) is 2.44. The van der Waals surface area contributed by atoms with E-state index in [4.69, 9.17) is 4.74 Å². The van der Waals surface area contributed by atoms with Crippen molar-refractivity contribution >= 4 is 15.9 Å². The third kappa shape index (κ3) is 3.31. The highest BCUT2D eigenvalue weighted by atomic mass is 79.9. The van der Waals surface area contributed by atoms with Crippen molar-refractivity contribution in [3.63, 3.8) is 0 Å². The molecule has 1 aliphatic heterocycles. The molecule has 4 heteroatoms. The Morgan fingerprint density at radius 1 is 1.50 bits per heavy atom. The van der Waals surface area contributed by atoms with Crippen LogP contribution in [-0.4, -0.2) is 31.2 Å². The second kappa shape index (κ2) is 6.13. The lowest BCUT2D eigenvalue weighted by molar-refractivity contribution is -0.00745. The Bertz CT molecular complexity index is 413. The molecule has 1 heterocycles. The monoisotopic (exact) mass is 315 g/mol. The number of piperidine rings is 1. The number of hydrogen-bond acceptors (Lipinski definition) is 2. The molecule has 1 fully saturated rings. The number of likely N-dealkylation sites (tertiary alicyclic amines) is 1. The number of nitrogens with zero attached hydrogens (tertiary/aromatic N) is 1. The van der Waals surface area contributed by atoms with E-state index in [0.29, 0.717) is 16.5 Å². The fraction of sp³-hybridized carbons (Fsp3) is 0.571. The third-order valence-corrected chi connectivity index (χ3v) is 4.27. The lowest BCUT2D eigenvalue weighted by atomic mass is 9.95. The highest BCUT2D eigenvalue weighted by Crippen LogP contribution is 2.22. The summed E-state index contributed by atoms with van der Waals surface area (Å²) in [6.45, 7) is 5.12. The van der Waals surface area contributed by atoms with E-state index in [0.717, 1.165) is 31.6 Å². The molecule has 0 amide bonds. The zero-order valence-electron chi connectivity index (χ0n) is 10.8. The molecular formula is C14H19BrFNO. The fourth-order valence-corrected chi connectivity index (χ4v) is 2.87. The van der Waals surface area contributed by atoms with Crippen LogP contribution in [0.2, 0.25) is 0 Å². The molecule has 100 valence electrons. The lowest BCUT2D eigenvalue weighted by Gasteiger charge is -2.36. The van der Waals surface area contributed by atoms with Gasteiger partial charge in [-0.05, 0) is 52.5 Å². The highest BCUT2D eigenvalue weighted by molar-refractivity contribution is 9.10. The molecule has 2 unspecified atom stereocenters. The molecule has 1 aliphatic rings. The largest absolute Gasteiger partial charge is 0.380 e. The van der Waals surface area contributed by atoms with Gasteiger partial charge in [0.05, 0.1) is 10.6 Å². The Morgan fingerprint density at radius 3 is 2.94 bits per heavy atom. The first kappa shape index (κ1) is 14.0. The number of methoxy groups -OCH3 is 1. The van der Waals surface area contributed by atoms with Crippen LogP contribution in [-0.2, 0) is 11.3 Å². The van der Waals surface area contributed by atoms with Crippen LogP contribution in [0.3, 0.4) is 0 Å². The average molecular weight is 316 g/mol. The van der Waals surface area contributed by atoms with Crippen molar-refractivity contribution in [3.8, 4) is 0 Å². The quantitative estimate of drug-likeness (QED) is 0.847. The van der Waals surface area contributed by atoms with Crippen molar-refractivity contribution in [1.29, 1.82) is 0 Å². The first-order valence-corrected chi connectivity index (χ1v) is 7.08.